The van der Waals surface area contributed by atoms with Gasteiger partial charge in [-0.05, 0) is 12.5 Å². The number of ether oxygens (including phenoxy) is 3. The number of esters is 1. The molecule has 148 valence electrons. The number of methoxy groups -OCH3 is 1. The Kier molecular flexibility index (Phi) is 6.32. The third-order valence-corrected chi connectivity index (χ3v) is 4.73. The van der Waals surface area contributed by atoms with Crippen LogP contribution >= 0.6 is 0 Å². The van der Waals surface area contributed by atoms with Crippen molar-refractivity contribution in [1.29, 1.82) is 5.26 Å². The monoisotopic (exact) mass is 390 g/mol. The Balaban J connectivity index is 2.00. The summed E-state index contributed by atoms with van der Waals surface area (Å²) in [6, 6.07) is 21.0. The molecule has 3 rings (SSSR count). The van der Waals surface area contributed by atoms with Gasteiger partial charge in [-0.15, -0.1) is 0 Å². The number of nitrogens with zero attached hydrogens (tertiary/aromatic N) is 1. The van der Waals surface area contributed by atoms with Gasteiger partial charge in [0.05, 0.1) is 37.4 Å². The third-order valence-electron chi connectivity index (χ3n) is 4.73. The normalized spacial score (nSPS) is 17.3. The number of hydrogen-bond donors (Lipinski definition) is 1. The molecule has 0 fully saturated rings. The highest BCUT2D eigenvalue weighted by Gasteiger charge is 2.40. The van der Waals surface area contributed by atoms with E-state index < -0.39 is 18.0 Å². The standard InChI is InChI=1S/C23H22N2O4/c1-15(28-14-16-9-5-3-6-10-16)19-18(13-24)21(17-11-7-4-8-12-17)29-22(25)20(19)23(26)27-2/h3-12,15,19H,14,25H2,1-2H3/t15-,19-/m0/s1. The summed E-state index contributed by atoms with van der Waals surface area (Å²) in [7, 11) is 1.26. The lowest BCUT2D eigenvalue weighted by atomic mass is 9.83. The SMILES string of the molecule is COC(=O)C1=C(N)OC(c2ccccc2)=C(C#N)[C@@H]1[C@H](C)OCc1ccccc1. The molecule has 0 bridgehead atoms. The van der Waals surface area contributed by atoms with Crippen LogP contribution in [0.5, 0.6) is 0 Å². The molecule has 2 N–H and O–H groups in total. The van der Waals surface area contributed by atoms with E-state index in [4.69, 9.17) is 19.9 Å². The van der Waals surface area contributed by atoms with Gasteiger partial charge in [-0.3, -0.25) is 0 Å². The van der Waals surface area contributed by atoms with Crippen molar-refractivity contribution in [2.75, 3.05) is 7.11 Å². The molecule has 0 amide bonds. The molecule has 6 heteroatoms. The topological polar surface area (TPSA) is 94.6 Å². The van der Waals surface area contributed by atoms with Gasteiger partial charge in [-0.25, -0.2) is 4.79 Å². The maximum absolute atomic E-state index is 12.4. The molecule has 1 heterocycles. The fourth-order valence-corrected chi connectivity index (χ4v) is 3.29. The van der Waals surface area contributed by atoms with Crippen LogP contribution in [0.1, 0.15) is 18.1 Å². The first-order valence-corrected chi connectivity index (χ1v) is 9.17. The van der Waals surface area contributed by atoms with Crippen molar-refractivity contribution in [2.45, 2.75) is 19.6 Å². The summed E-state index contributed by atoms with van der Waals surface area (Å²) in [5.41, 5.74) is 8.12. The molecular weight excluding hydrogens is 368 g/mol. The summed E-state index contributed by atoms with van der Waals surface area (Å²) in [6.07, 6.45) is -0.528. The minimum Gasteiger partial charge on any atom is -0.465 e. The van der Waals surface area contributed by atoms with Crippen LogP contribution in [0.3, 0.4) is 0 Å². The van der Waals surface area contributed by atoms with E-state index in [-0.39, 0.29) is 17.0 Å². The molecular formula is C23H22N2O4. The lowest BCUT2D eigenvalue weighted by molar-refractivity contribution is -0.137. The Bertz CT molecular complexity index is 975. The van der Waals surface area contributed by atoms with Gasteiger partial charge in [0.1, 0.15) is 5.57 Å². The van der Waals surface area contributed by atoms with E-state index in [0.717, 1.165) is 5.56 Å². The van der Waals surface area contributed by atoms with E-state index in [2.05, 4.69) is 6.07 Å². The zero-order valence-electron chi connectivity index (χ0n) is 16.3. The molecule has 1 aliphatic heterocycles. The summed E-state index contributed by atoms with van der Waals surface area (Å²) in [6.45, 7) is 2.13. The number of carbonyl (C=O) groups excluding carboxylic acids is 1. The molecule has 0 unspecified atom stereocenters. The molecule has 29 heavy (non-hydrogen) atoms. The van der Waals surface area contributed by atoms with E-state index in [1.54, 1.807) is 6.92 Å². The Hall–Kier alpha value is -3.56. The second-order valence-electron chi connectivity index (χ2n) is 6.57. The predicted molar refractivity (Wildman–Crippen MR) is 107 cm³/mol. The van der Waals surface area contributed by atoms with Gasteiger partial charge in [0.15, 0.2) is 5.76 Å². The lowest BCUT2D eigenvalue weighted by Crippen LogP contribution is -2.34. The molecule has 0 saturated heterocycles. The summed E-state index contributed by atoms with van der Waals surface area (Å²) in [5.74, 6) is -1.14. The zero-order valence-corrected chi connectivity index (χ0v) is 16.3. The summed E-state index contributed by atoms with van der Waals surface area (Å²) >= 11 is 0. The fourth-order valence-electron chi connectivity index (χ4n) is 3.29. The minimum absolute atomic E-state index is 0.0873. The molecule has 2 aromatic rings. The maximum Gasteiger partial charge on any atom is 0.339 e. The molecule has 0 aliphatic carbocycles. The van der Waals surface area contributed by atoms with Gasteiger partial charge in [0.25, 0.3) is 0 Å². The van der Waals surface area contributed by atoms with Gasteiger partial charge in [-0.1, -0.05) is 60.7 Å². The van der Waals surface area contributed by atoms with Crippen LogP contribution in [0, 0.1) is 17.2 Å². The Labute approximate surface area is 169 Å². The highest BCUT2D eigenvalue weighted by atomic mass is 16.5. The zero-order chi connectivity index (χ0) is 20.8. The largest absolute Gasteiger partial charge is 0.465 e. The second-order valence-corrected chi connectivity index (χ2v) is 6.57. The number of rotatable bonds is 6. The quantitative estimate of drug-likeness (QED) is 0.759. The van der Waals surface area contributed by atoms with Gasteiger partial charge in [0.2, 0.25) is 5.88 Å². The molecule has 0 aromatic heterocycles. The number of nitrogens with two attached hydrogens (primary N) is 1. The van der Waals surface area contributed by atoms with Crippen molar-refractivity contribution in [2.24, 2.45) is 11.7 Å². The fraction of sp³-hybridized carbons (Fsp3) is 0.217. The average molecular weight is 390 g/mol. The van der Waals surface area contributed by atoms with Crippen LogP contribution in [-0.4, -0.2) is 19.2 Å². The first-order valence-electron chi connectivity index (χ1n) is 9.17. The van der Waals surface area contributed by atoms with E-state index in [1.807, 2.05) is 60.7 Å². The minimum atomic E-state index is -0.722. The van der Waals surface area contributed by atoms with Crippen molar-refractivity contribution in [3.05, 3.63) is 88.8 Å². The lowest BCUT2D eigenvalue weighted by Gasteiger charge is -2.31. The highest BCUT2D eigenvalue weighted by Crippen LogP contribution is 2.39. The van der Waals surface area contributed by atoms with Crippen LogP contribution in [0.25, 0.3) is 5.76 Å². The van der Waals surface area contributed by atoms with Crippen molar-refractivity contribution in [3.63, 3.8) is 0 Å². The maximum atomic E-state index is 12.4. The molecule has 1 aliphatic rings. The van der Waals surface area contributed by atoms with E-state index in [1.165, 1.54) is 7.11 Å². The van der Waals surface area contributed by atoms with Crippen LogP contribution in [0.4, 0.5) is 0 Å². The molecule has 0 spiro atoms. The van der Waals surface area contributed by atoms with Crippen molar-refractivity contribution >= 4 is 11.7 Å². The summed E-state index contributed by atoms with van der Waals surface area (Å²) in [4.78, 5) is 12.4. The van der Waals surface area contributed by atoms with E-state index in [9.17, 15) is 10.1 Å². The molecule has 2 aromatic carbocycles. The average Bonchev–Trinajstić information content (AvgIpc) is 2.77. The van der Waals surface area contributed by atoms with Gasteiger partial charge in [-0.2, -0.15) is 5.26 Å². The second kappa shape index (κ2) is 9.09. The highest BCUT2D eigenvalue weighted by molar-refractivity contribution is 5.92. The first kappa shape index (κ1) is 20.2. The van der Waals surface area contributed by atoms with Crippen LogP contribution in [-0.2, 0) is 25.6 Å². The summed E-state index contributed by atoms with van der Waals surface area (Å²) in [5, 5.41) is 9.93. The van der Waals surface area contributed by atoms with Crippen molar-refractivity contribution < 1.29 is 19.0 Å². The summed E-state index contributed by atoms with van der Waals surface area (Å²) < 4.78 is 16.6. The van der Waals surface area contributed by atoms with Crippen molar-refractivity contribution in [3.8, 4) is 6.07 Å². The first-order chi connectivity index (χ1) is 14.1. The Morgan fingerprint density at radius 2 is 1.79 bits per heavy atom. The third kappa shape index (κ3) is 4.31. The molecule has 0 saturated carbocycles. The number of benzene rings is 2. The Morgan fingerprint density at radius 3 is 2.38 bits per heavy atom. The predicted octanol–water partition coefficient (Wildman–Crippen LogP) is 3.52. The van der Waals surface area contributed by atoms with E-state index >= 15 is 0 Å². The number of carbonyl (C=O) groups is 1. The molecule has 6 nitrogen and oxygen atoms in total. The smallest absolute Gasteiger partial charge is 0.339 e. The number of nitriles is 1. The van der Waals surface area contributed by atoms with Gasteiger partial charge < -0.3 is 19.9 Å². The van der Waals surface area contributed by atoms with Crippen LogP contribution < -0.4 is 5.73 Å². The van der Waals surface area contributed by atoms with Gasteiger partial charge >= 0.3 is 5.97 Å². The Morgan fingerprint density at radius 1 is 1.17 bits per heavy atom. The molecule has 0 radical (unpaired) electrons. The molecule has 2 atom stereocenters. The van der Waals surface area contributed by atoms with Crippen molar-refractivity contribution in [1.82, 2.24) is 0 Å². The van der Waals surface area contributed by atoms with Crippen LogP contribution in [0.2, 0.25) is 0 Å². The van der Waals surface area contributed by atoms with Gasteiger partial charge in [0, 0.05) is 5.56 Å². The van der Waals surface area contributed by atoms with E-state index in [0.29, 0.717) is 17.9 Å². The van der Waals surface area contributed by atoms with Crippen LogP contribution in [0.15, 0.2) is 77.7 Å². The number of hydrogen-bond acceptors (Lipinski definition) is 6.